The van der Waals surface area contributed by atoms with E-state index in [-0.39, 0.29) is 23.9 Å². The van der Waals surface area contributed by atoms with Gasteiger partial charge in [0, 0.05) is 5.02 Å². The van der Waals surface area contributed by atoms with Crippen molar-refractivity contribution in [2.45, 2.75) is 20.1 Å². The summed E-state index contributed by atoms with van der Waals surface area (Å²) in [4.78, 5) is 26.7. The van der Waals surface area contributed by atoms with Gasteiger partial charge in [-0.2, -0.15) is 0 Å². The fourth-order valence-electron chi connectivity index (χ4n) is 3.37. The summed E-state index contributed by atoms with van der Waals surface area (Å²) in [6.07, 6.45) is 1.59. The number of thioether (sulfide) groups is 1. The first-order valence-corrected chi connectivity index (χ1v) is 12.2. The fraction of sp³-hybridized carbons (Fsp3) is 0.154. The molecular formula is C26H20Cl2FNO4S. The first-order chi connectivity index (χ1) is 16.8. The molecule has 1 aliphatic heterocycles. The van der Waals surface area contributed by atoms with Gasteiger partial charge in [-0.25, -0.2) is 4.39 Å². The number of hydrogen-bond acceptors (Lipinski definition) is 5. The largest absolute Gasteiger partial charge is 0.490 e. The average molecular weight is 532 g/mol. The first kappa shape index (κ1) is 25.1. The van der Waals surface area contributed by atoms with E-state index in [0.29, 0.717) is 39.3 Å². The number of halogens is 3. The fourth-order valence-corrected chi connectivity index (χ4v) is 4.61. The van der Waals surface area contributed by atoms with Gasteiger partial charge in [-0.1, -0.05) is 47.5 Å². The van der Waals surface area contributed by atoms with Crippen molar-refractivity contribution in [3.05, 3.63) is 98.1 Å². The van der Waals surface area contributed by atoms with Crippen LogP contribution in [0.25, 0.3) is 6.08 Å². The van der Waals surface area contributed by atoms with Crippen LogP contribution < -0.4 is 9.47 Å². The molecule has 0 radical (unpaired) electrons. The third-order valence-electron chi connectivity index (χ3n) is 5.05. The van der Waals surface area contributed by atoms with Gasteiger partial charge in [0.1, 0.15) is 12.4 Å². The number of carbonyl (C=O) groups excluding carboxylic acids is 2. The average Bonchev–Trinajstić information content (AvgIpc) is 3.08. The quantitative estimate of drug-likeness (QED) is 0.284. The summed E-state index contributed by atoms with van der Waals surface area (Å²) >= 11 is 13.3. The number of amides is 2. The molecule has 0 bridgehead atoms. The van der Waals surface area contributed by atoms with Crippen molar-refractivity contribution in [2.24, 2.45) is 0 Å². The van der Waals surface area contributed by atoms with Crippen molar-refractivity contribution >= 4 is 52.2 Å². The maximum absolute atomic E-state index is 13.2. The molecule has 9 heteroatoms. The smallest absolute Gasteiger partial charge is 0.293 e. The maximum Gasteiger partial charge on any atom is 0.293 e. The summed E-state index contributed by atoms with van der Waals surface area (Å²) in [6, 6.07) is 16.3. The van der Waals surface area contributed by atoms with Gasteiger partial charge in [0.15, 0.2) is 11.5 Å². The number of carbonyl (C=O) groups is 2. The van der Waals surface area contributed by atoms with Crippen LogP contribution in [0.1, 0.15) is 23.6 Å². The third kappa shape index (κ3) is 6.17. The van der Waals surface area contributed by atoms with Gasteiger partial charge in [-0.15, -0.1) is 0 Å². The van der Waals surface area contributed by atoms with Gasteiger partial charge in [0.25, 0.3) is 11.1 Å². The Hall–Kier alpha value is -3.00. The highest BCUT2D eigenvalue weighted by Gasteiger charge is 2.35. The molecule has 0 saturated carbocycles. The van der Waals surface area contributed by atoms with Crippen molar-refractivity contribution in [2.75, 3.05) is 6.61 Å². The Morgan fingerprint density at radius 3 is 2.34 bits per heavy atom. The Balaban J connectivity index is 1.54. The molecule has 1 aliphatic rings. The van der Waals surface area contributed by atoms with E-state index in [0.717, 1.165) is 22.2 Å². The minimum absolute atomic E-state index is 0.0602. The Kier molecular flexibility index (Phi) is 8.00. The van der Waals surface area contributed by atoms with Gasteiger partial charge >= 0.3 is 0 Å². The number of ether oxygens (including phenoxy) is 2. The molecule has 4 rings (SSSR count). The van der Waals surface area contributed by atoms with Crippen LogP contribution in [0.3, 0.4) is 0 Å². The molecule has 5 nitrogen and oxygen atoms in total. The molecule has 0 unspecified atom stereocenters. The molecular weight excluding hydrogens is 512 g/mol. The highest BCUT2D eigenvalue weighted by atomic mass is 35.5. The zero-order valence-electron chi connectivity index (χ0n) is 18.6. The summed E-state index contributed by atoms with van der Waals surface area (Å²) in [5, 5.41) is 0.541. The molecule has 180 valence electrons. The van der Waals surface area contributed by atoms with Gasteiger partial charge in [-0.3, -0.25) is 14.5 Å². The summed E-state index contributed by atoms with van der Waals surface area (Å²) in [6.45, 7) is 2.54. The Morgan fingerprint density at radius 2 is 1.66 bits per heavy atom. The monoisotopic (exact) mass is 531 g/mol. The van der Waals surface area contributed by atoms with Crippen LogP contribution in [-0.2, 0) is 17.9 Å². The predicted molar refractivity (Wildman–Crippen MR) is 136 cm³/mol. The van der Waals surface area contributed by atoms with Crippen LogP contribution in [-0.4, -0.2) is 22.7 Å². The van der Waals surface area contributed by atoms with Gasteiger partial charge < -0.3 is 9.47 Å². The highest BCUT2D eigenvalue weighted by Crippen LogP contribution is 2.40. The van der Waals surface area contributed by atoms with E-state index in [1.807, 2.05) is 19.1 Å². The number of hydrogen-bond donors (Lipinski definition) is 0. The van der Waals surface area contributed by atoms with Crippen LogP contribution >= 0.6 is 35.0 Å². The molecule has 2 amide bonds. The molecule has 35 heavy (non-hydrogen) atoms. The summed E-state index contributed by atoms with van der Waals surface area (Å²) in [7, 11) is 0. The third-order valence-corrected chi connectivity index (χ3v) is 6.49. The van der Waals surface area contributed by atoms with E-state index in [1.54, 1.807) is 42.5 Å². The lowest BCUT2D eigenvalue weighted by molar-refractivity contribution is -0.123. The van der Waals surface area contributed by atoms with Crippen molar-refractivity contribution in [1.29, 1.82) is 0 Å². The van der Waals surface area contributed by atoms with Crippen LogP contribution in [0.5, 0.6) is 11.5 Å². The second-order valence-electron chi connectivity index (χ2n) is 7.57. The lowest BCUT2D eigenvalue weighted by atomic mass is 10.1. The van der Waals surface area contributed by atoms with E-state index in [1.165, 1.54) is 12.1 Å². The van der Waals surface area contributed by atoms with Crippen LogP contribution in [0, 0.1) is 5.82 Å². The minimum Gasteiger partial charge on any atom is -0.490 e. The Morgan fingerprint density at radius 1 is 0.971 bits per heavy atom. The molecule has 0 aromatic heterocycles. The SMILES string of the molecule is CCOc1cc(/C=C2/SC(=O)N(Cc3ccc(F)cc3)C2=O)cc(Cl)c1OCc1ccc(Cl)cc1. The summed E-state index contributed by atoms with van der Waals surface area (Å²) in [5.74, 6) is -0.0115. The minimum atomic E-state index is -0.429. The number of nitrogens with zero attached hydrogens (tertiary/aromatic N) is 1. The topological polar surface area (TPSA) is 55.8 Å². The lowest BCUT2D eigenvalue weighted by Gasteiger charge is -2.15. The van der Waals surface area contributed by atoms with Crippen molar-refractivity contribution in [3.63, 3.8) is 0 Å². The maximum atomic E-state index is 13.2. The van der Waals surface area contributed by atoms with Crippen molar-refractivity contribution < 1.29 is 23.5 Å². The Bertz CT molecular complexity index is 1280. The van der Waals surface area contributed by atoms with Crippen LogP contribution in [0.4, 0.5) is 9.18 Å². The van der Waals surface area contributed by atoms with Crippen LogP contribution in [0.2, 0.25) is 10.0 Å². The van der Waals surface area contributed by atoms with Crippen molar-refractivity contribution in [3.8, 4) is 11.5 Å². The molecule has 3 aromatic rings. The molecule has 1 heterocycles. The highest BCUT2D eigenvalue weighted by molar-refractivity contribution is 8.18. The zero-order chi connectivity index (χ0) is 24.9. The van der Waals surface area contributed by atoms with Crippen molar-refractivity contribution in [1.82, 2.24) is 4.90 Å². The van der Waals surface area contributed by atoms with E-state index in [4.69, 9.17) is 32.7 Å². The van der Waals surface area contributed by atoms with E-state index < -0.39 is 11.1 Å². The molecule has 1 fully saturated rings. The molecule has 3 aromatic carbocycles. The number of rotatable bonds is 8. The molecule has 0 spiro atoms. The first-order valence-electron chi connectivity index (χ1n) is 10.7. The zero-order valence-corrected chi connectivity index (χ0v) is 20.9. The van der Waals surface area contributed by atoms with Gasteiger partial charge in [0.2, 0.25) is 0 Å². The second kappa shape index (κ2) is 11.2. The molecule has 0 N–H and O–H groups in total. The summed E-state index contributed by atoms with van der Waals surface area (Å²) < 4.78 is 24.8. The predicted octanol–water partition coefficient (Wildman–Crippen LogP) is 7.35. The lowest BCUT2D eigenvalue weighted by Crippen LogP contribution is -2.27. The summed E-state index contributed by atoms with van der Waals surface area (Å²) in [5.41, 5.74) is 2.15. The molecule has 0 atom stereocenters. The molecule has 0 aliphatic carbocycles. The second-order valence-corrected chi connectivity index (χ2v) is 9.41. The van der Waals surface area contributed by atoms with Crippen LogP contribution in [0.15, 0.2) is 65.6 Å². The van der Waals surface area contributed by atoms with Gasteiger partial charge in [-0.05, 0) is 77.9 Å². The van der Waals surface area contributed by atoms with Gasteiger partial charge in [0.05, 0.1) is 23.1 Å². The number of benzene rings is 3. The standard InChI is InChI=1S/C26H20Cl2FNO4S/c1-2-33-22-12-18(11-21(28)24(22)34-15-17-3-7-19(27)8-4-17)13-23-25(31)30(26(32)35-23)14-16-5-9-20(29)10-6-16/h3-13H,2,14-15H2,1H3/b23-13+. The Labute approximate surface area is 216 Å². The van der Waals surface area contributed by atoms with E-state index in [9.17, 15) is 14.0 Å². The molecule has 1 saturated heterocycles. The van der Waals surface area contributed by atoms with E-state index in [2.05, 4.69) is 0 Å². The normalized spacial score (nSPS) is 14.6. The van der Waals surface area contributed by atoms with E-state index >= 15 is 0 Å². The number of imide groups is 1.